The van der Waals surface area contributed by atoms with Crippen molar-refractivity contribution < 1.29 is 13.7 Å². The van der Waals surface area contributed by atoms with Crippen molar-refractivity contribution in [3.63, 3.8) is 0 Å². The molecule has 98 valence electrons. The Hall–Kier alpha value is -2.24. The molecule has 5 nitrogen and oxygen atoms in total. The molecule has 19 heavy (non-hydrogen) atoms. The van der Waals surface area contributed by atoms with Gasteiger partial charge in [0, 0.05) is 13.0 Å². The number of hydrogen-bond donors (Lipinski definition) is 0. The van der Waals surface area contributed by atoms with Crippen molar-refractivity contribution in [2.24, 2.45) is 0 Å². The summed E-state index contributed by atoms with van der Waals surface area (Å²) in [6, 6.07) is 6.23. The highest BCUT2D eigenvalue weighted by Crippen LogP contribution is 2.32. The minimum absolute atomic E-state index is 0.133. The van der Waals surface area contributed by atoms with Crippen LogP contribution in [0.15, 0.2) is 28.8 Å². The molecule has 3 rings (SSSR count). The average Bonchev–Trinajstić information content (AvgIpc) is 2.96. The highest BCUT2D eigenvalue weighted by atomic mass is 19.1. The third kappa shape index (κ3) is 2.09. The predicted octanol–water partition coefficient (Wildman–Crippen LogP) is 2.04. The number of halogens is 1. The molecule has 2 aromatic rings. The summed E-state index contributed by atoms with van der Waals surface area (Å²) >= 11 is 0. The molecule has 1 aromatic carbocycles. The molecule has 6 heteroatoms. The van der Waals surface area contributed by atoms with E-state index in [2.05, 4.69) is 10.1 Å². The van der Waals surface area contributed by atoms with Gasteiger partial charge in [-0.05, 0) is 19.1 Å². The first-order valence-electron chi connectivity index (χ1n) is 6.00. The third-order valence-corrected chi connectivity index (χ3v) is 3.16. The Morgan fingerprint density at radius 3 is 2.89 bits per heavy atom. The third-order valence-electron chi connectivity index (χ3n) is 3.16. The summed E-state index contributed by atoms with van der Waals surface area (Å²) < 4.78 is 18.8. The monoisotopic (exact) mass is 261 g/mol. The number of hydrogen-bond acceptors (Lipinski definition) is 4. The maximum absolute atomic E-state index is 13.7. The molecule has 0 radical (unpaired) electrons. The van der Waals surface area contributed by atoms with Crippen molar-refractivity contribution in [1.29, 1.82) is 0 Å². The Morgan fingerprint density at radius 1 is 1.42 bits per heavy atom. The Labute approximate surface area is 109 Å². The molecular formula is C13H12FN3O2. The van der Waals surface area contributed by atoms with Gasteiger partial charge in [0.25, 0.3) is 0 Å². The van der Waals surface area contributed by atoms with Crippen LogP contribution in [0.3, 0.4) is 0 Å². The number of nitrogens with zero attached hydrogens (tertiary/aromatic N) is 3. The fourth-order valence-electron chi connectivity index (χ4n) is 2.26. The summed E-state index contributed by atoms with van der Waals surface area (Å²) in [5.41, 5.74) is 0.297. The molecule has 0 bridgehead atoms. The van der Waals surface area contributed by atoms with Crippen molar-refractivity contribution in [1.82, 2.24) is 10.1 Å². The van der Waals surface area contributed by atoms with Crippen LogP contribution < -0.4 is 4.90 Å². The standard InChI is InChI=1S/C13H12FN3O2/c1-8-15-13(19-16-8)9-6-12(18)17(7-9)11-5-3-2-4-10(11)14/h2-5,9H,6-7H2,1H3/t9-/m1/s1. The van der Waals surface area contributed by atoms with Crippen LogP contribution in [-0.4, -0.2) is 22.6 Å². The molecule has 1 aromatic heterocycles. The zero-order chi connectivity index (χ0) is 13.4. The zero-order valence-electron chi connectivity index (χ0n) is 10.3. The molecule has 1 aliphatic heterocycles. The van der Waals surface area contributed by atoms with Gasteiger partial charge in [0.05, 0.1) is 11.6 Å². The van der Waals surface area contributed by atoms with Gasteiger partial charge < -0.3 is 9.42 Å². The van der Waals surface area contributed by atoms with Crippen molar-refractivity contribution in [3.8, 4) is 0 Å². The maximum atomic E-state index is 13.7. The topological polar surface area (TPSA) is 59.2 Å². The van der Waals surface area contributed by atoms with Gasteiger partial charge >= 0.3 is 0 Å². The Kier molecular flexibility index (Phi) is 2.77. The number of aromatic nitrogens is 2. The number of rotatable bonds is 2. The fraction of sp³-hybridized carbons (Fsp3) is 0.308. The number of aryl methyl sites for hydroxylation is 1. The van der Waals surface area contributed by atoms with E-state index in [1.165, 1.54) is 11.0 Å². The molecule has 0 saturated carbocycles. The van der Waals surface area contributed by atoms with E-state index in [9.17, 15) is 9.18 Å². The van der Waals surface area contributed by atoms with Gasteiger partial charge in [-0.3, -0.25) is 4.79 Å². The van der Waals surface area contributed by atoms with Crippen LogP contribution in [-0.2, 0) is 4.79 Å². The van der Waals surface area contributed by atoms with Crippen LogP contribution in [0.4, 0.5) is 10.1 Å². The van der Waals surface area contributed by atoms with Gasteiger partial charge in [-0.25, -0.2) is 4.39 Å². The highest BCUT2D eigenvalue weighted by molar-refractivity contribution is 5.96. The minimum Gasteiger partial charge on any atom is -0.339 e. The smallest absolute Gasteiger partial charge is 0.232 e. The minimum atomic E-state index is -0.404. The number of amides is 1. The van der Waals surface area contributed by atoms with Crippen molar-refractivity contribution >= 4 is 11.6 Å². The Morgan fingerprint density at radius 2 is 2.21 bits per heavy atom. The van der Waals surface area contributed by atoms with Gasteiger partial charge in [0.2, 0.25) is 11.8 Å². The molecule has 1 aliphatic rings. The molecule has 2 heterocycles. The van der Waals surface area contributed by atoms with Crippen LogP contribution in [0, 0.1) is 12.7 Å². The maximum Gasteiger partial charge on any atom is 0.232 e. The summed E-state index contributed by atoms with van der Waals surface area (Å²) in [6.45, 7) is 2.08. The summed E-state index contributed by atoms with van der Waals surface area (Å²) in [6.07, 6.45) is 0.260. The van der Waals surface area contributed by atoms with E-state index in [0.717, 1.165) is 0 Å². The molecule has 1 atom stereocenters. The van der Waals surface area contributed by atoms with Crippen molar-refractivity contribution in [2.45, 2.75) is 19.3 Å². The van der Waals surface area contributed by atoms with Gasteiger partial charge in [0.1, 0.15) is 5.82 Å². The number of carbonyl (C=O) groups is 1. The van der Waals surface area contributed by atoms with Gasteiger partial charge in [-0.15, -0.1) is 0 Å². The van der Waals surface area contributed by atoms with E-state index in [-0.39, 0.29) is 18.2 Å². The van der Waals surface area contributed by atoms with Crippen LogP contribution in [0.25, 0.3) is 0 Å². The first kappa shape index (κ1) is 11.8. The lowest BCUT2D eigenvalue weighted by atomic mass is 10.1. The molecule has 0 aliphatic carbocycles. The highest BCUT2D eigenvalue weighted by Gasteiger charge is 2.35. The molecule has 1 saturated heterocycles. The lowest BCUT2D eigenvalue weighted by Crippen LogP contribution is -2.25. The molecule has 0 N–H and O–H groups in total. The summed E-state index contributed by atoms with van der Waals surface area (Å²) in [5, 5.41) is 3.71. The normalized spacial score (nSPS) is 19.2. The summed E-state index contributed by atoms with van der Waals surface area (Å²) in [5.74, 6) is 0.258. The average molecular weight is 261 g/mol. The molecule has 1 fully saturated rings. The van der Waals surface area contributed by atoms with Crippen LogP contribution in [0.1, 0.15) is 24.1 Å². The van der Waals surface area contributed by atoms with Crippen LogP contribution >= 0.6 is 0 Å². The van der Waals surface area contributed by atoms with Crippen LogP contribution in [0.5, 0.6) is 0 Å². The first-order valence-corrected chi connectivity index (χ1v) is 6.00. The van der Waals surface area contributed by atoms with Crippen molar-refractivity contribution in [2.75, 3.05) is 11.4 Å². The largest absolute Gasteiger partial charge is 0.339 e. The lowest BCUT2D eigenvalue weighted by molar-refractivity contribution is -0.117. The zero-order valence-corrected chi connectivity index (χ0v) is 10.3. The Bertz CT molecular complexity index is 626. The number of benzene rings is 1. The van der Waals surface area contributed by atoms with Crippen LogP contribution in [0.2, 0.25) is 0 Å². The molecule has 1 amide bonds. The van der Waals surface area contributed by atoms with E-state index in [0.29, 0.717) is 23.9 Å². The predicted molar refractivity (Wildman–Crippen MR) is 65.1 cm³/mol. The second kappa shape index (κ2) is 4.46. The van der Waals surface area contributed by atoms with Gasteiger partial charge in [-0.2, -0.15) is 4.98 Å². The fourth-order valence-corrected chi connectivity index (χ4v) is 2.26. The van der Waals surface area contributed by atoms with Gasteiger partial charge in [-0.1, -0.05) is 17.3 Å². The SMILES string of the molecule is Cc1noc([C@@H]2CC(=O)N(c3ccccc3F)C2)n1. The van der Waals surface area contributed by atoms with Gasteiger partial charge in [0.15, 0.2) is 5.82 Å². The van der Waals surface area contributed by atoms with E-state index >= 15 is 0 Å². The van der Waals surface area contributed by atoms with E-state index in [1.54, 1.807) is 25.1 Å². The quantitative estimate of drug-likeness (QED) is 0.830. The molecule has 0 unspecified atom stereocenters. The van der Waals surface area contributed by atoms with E-state index in [1.807, 2.05) is 0 Å². The van der Waals surface area contributed by atoms with E-state index in [4.69, 9.17) is 4.52 Å². The summed E-state index contributed by atoms with van der Waals surface area (Å²) in [4.78, 5) is 17.5. The van der Waals surface area contributed by atoms with Crippen molar-refractivity contribution in [3.05, 3.63) is 41.8 Å². The molecular weight excluding hydrogens is 249 g/mol. The van der Waals surface area contributed by atoms with E-state index < -0.39 is 5.82 Å². The lowest BCUT2D eigenvalue weighted by Gasteiger charge is -2.16. The first-order chi connectivity index (χ1) is 9.15. The molecule has 0 spiro atoms. The number of anilines is 1. The second-order valence-electron chi connectivity index (χ2n) is 4.54. The Balaban J connectivity index is 1.86. The number of para-hydroxylation sites is 1. The number of carbonyl (C=O) groups excluding carboxylic acids is 1. The summed E-state index contributed by atoms with van der Waals surface area (Å²) in [7, 11) is 0. The second-order valence-corrected chi connectivity index (χ2v) is 4.54.